The van der Waals surface area contributed by atoms with Crippen molar-refractivity contribution >= 4 is 0 Å². The zero-order chi connectivity index (χ0) is 15.5. The molecule has 2 unspecified atom stereocenters. The second kappa shape index (κ2) is 7.16. The first-order valence-electron chi connectivity index (χ1n) is 9.11. The van der Waals surface area contributed by atoms with Gasteiger partial charge in [0.15, 0.2) is 6.29 Å². The Balaban J connectivity index is 1.34. The molecule has 2 bridgehead atoms. The minimum atomic E-state index is 0.0321. The molecule has 3 heterocycles. The molecule has 3 heteroatoms. The molecule has 0 saturated carbocycles. The van der Waals surface area contributed by atoms with E-state index in [1.807, 2.05) is 0 Å². The number of hydrogen-bond donors (Lipinski definition) is 0. The van der Waals surface area contributed by atoms with Gasteiger partial charge in [-0.3, -0.25) is 4.90 Å². The van der Waals surface area contributed by atoms with Gasteiger partial charge < -0.3 is 9.47 Å². The summed E-state index contributed by atoms with van der Waals surface area (Å²) in [6.45, 7) is 2.81. The van der Waals surface area contributed by atoms with Crippen LogP contribution >= 0.6 is 0 Å². The zero-order valence-electron chi connectivity index (χ0n) is 13.8. The van der Waals surface area contributed by atoms with Crippen LogP contribution in [0.4, 0.5) is 0 Å². The Morgan fingerprint density at radius 2 is 1.87 bits per heavy atom. The first-order valence-corrected chi connectivity index (χ1v) is 9.11. The van der Waals surface area contributed by atoms with E-state index < -0.39 is 0 Å². The van der Waals surface area contributed by atoms with Crippen molar-refractivity contribution in [3.63, 3.8) is 0 Å². The van der Waals surface area contributed by atoms with Crippen LogP contribution in [0.1, 0.15) is 44.1 Å². The lowest BCUT2D eigenvalue weighted by atomic mass is 9.96. The van der Waals surface area contributed by atoms with Crippen LogP contribution in [0.5, 0.6) is 0 Å². The van der Waals surface area contributed by atoms with Crippen LogP contribution in [-0.4, -0.2) is 36.5 Å². The Labute approximate surface area is 139 Å². The third-order valence-electron chi connectivity index (χ3n) is 5.42. The highest BCUT2D eigenvalue weighted by molar-refractivity contribution is 5.21. The van der Waals surface area contributed by atoms with Gasteiger partial charge in [0, 0.05) is 25.0 Å². The number of rotatable bonds is 5. The lowest BCUT2D eigenvalue weighted by Gasteiger charge is -2.34. The van der Waals surface area contributed by atoms with Crippen molar-refractivity contribution in [3.8, 4) is 0 Å². The zero-order valence-corrected chi connectivity index (χ0v) is 13.8. The molecule has 1 aromatic carbocycles. The molecule has 0 aliphatic carbocycles. The summed E-state index contributed by atoms with van der Waals surface area (Å²) in [5.41, 5.74) is 3.06. The summed E-state index contributed by atoms with van der Waals surface area (Å²) in [5.74, 6) is 0. The van der Waals surface area contributed by atoms with E-state index in [1.54, 1.807) is 5.57 Å². The second-order valence-corrected chi connectivity index (χ2v) is 7.05. The standard InChI is InChI=1S/C20H27NO2/c1-2-5-16(6-3-1)15-21-18-8-9-19(21)14-17(13-18)7-10-20-22-11-4-12-23-20/h1-3,5-6,13,18-20H,4,7-12,14-15H2. The summed E-state index contributed by atoms with van der Waals surface area (Å²) in [4.78, 5) is 2.70. The van der Waals surface area contributed by atoms with Crippen molar-refractivity contribution in [3.05, 3.63) is 47.5 Å². The van der Waals surface area contributed by atoms with Crippen molar-refractivity contribution in [2.45, 2.75) is 63.4 Å². The molecule has 0 spiro atoms. The molecule has 2 atom stereocenters. The van der Waals surface area contributed by atoms with Gasteiger partial charge in [-0.15, -0.1) is 0 Å². The monoisotopic (exact) mass is 313 g/mol. The maximum absolute atomic E-state index is 5.68. The summed E-state index contributed by atoms with van der Waals surface area (Å²) in [6.07, 6.45) is 9.65. The fourth-order valence-corrected chi connectivity index (χ4v) is 4.24. The second-order valence-electron chi connectivity index (χ2n) is 7.05. The lowest BCUT2D eigenvalue weighted by molar-refractivity contribution is -0.180. The van der Waals surface area contributed by atoms with Gasteiger partial charge in [0.05, 0.1) is 13.2 Å². The molecule has 0 amide bonds. The Morgan fingerprint density at radius 3 is 2.65 bits per heavy atom. The van der Waals surface area contributed by atoms with Gasteiger partial charge in [0.25, 0.3) is 0 Å². The summed E-state index contributed by atoms with van der Waals surface area (Å²) in [7, 11) is 0. The number of benzene rings is 1. The van der Waals surface area contributed by atoms with E-state index in [0.717, 1.165) is 45.1 Å². The highest BCUT2D eigenvalue weighted by Crippen LogP contribution is 2.37. The number of hydrogen-bond acceptors (Lipinski definition) is 3. The van der Waals surface area contributed by atoms with Crippen molar-refractivity contribution in [2.24, 2.45) is 0 Å². The van der Waals surface area contributed by atoms with Crippen molar-refractivity contribution in [2.75, 3.05) is 13.2 Å². The van der Waals surface area contributed by atoms with Crippen LogP contribution in [0.15, 0.2) is 42.0 Å². The molecule has 2 fully saturated rings. The van der Waals surface area contributed by atoms with Gasteiger partial charge in [0.1, 0.15) is 0 Å². The Kier molecular flexibility index (Phi) is 4.79. The minimum Gasteiger partial charge on any atom is -0.353 e. The number of fused-ring (bicyclic) bond motifs is 2. The first kappa shape index (κ1) is 15.4. The highest BCUT2D eigenvalue weighted by atomic mass is 16.7. The SMILES string of the molecule is C1=C(CCC2OCCCO2)CC2CCC1N2Cc1ccccc1. The molecule has 4 rings (SSSR count). The predicted molar refractivity (Wildman–Crippen MR) is 91.0 cm³/mol. The average molecular weight is 313 g/mol. The molecule has 124 valence electrons. The molecule has 3 aliphatic rings. The van der Waals surface area contributed by atoms with Gasteiger partial charge in [-0.1, -0.05) is 42.0 Å². The molecule has 3 aliphatic heterocycles. The van der Waals surface area contributed by atoms with E-state index in [1.165, 1.54) is 24.8 Å². The van der Waals surface area contributed by atoms with Gasteiger partial charge in [-0.05, 0) is 37.7 Å². The summed E-state index contributed by atoms with van der Waals surface area (Å²) < 4.78 is 11.4. The molecular weight excluding hydrogens is 286 g/mol. The summed E-state index contributed by atoms with van der Waals surface area (Å²) in [6, 6.07) is 12.2. The van der Waals surface area contributed by atoms with Gasteiger partial charge in [-0.2, -0.15) is 0 Å². The van der Waals surface area contributed by atoms with E-state index in [9.17, 15) is 0 Å². The fourth-order valence-electron chi connectivity index (χ4n) is 4.24. The van der Waals surface area contributed by atoms with Crippen LogP contribution in [0, 0.1) is 0 Å². The van der Waals surface area contributed by atoms with E-state index >= 15 is 0 Å². The first-order chi connectivity index (χ1) is 11.4. The van der Waals surface area contributed by atoms with Gasteiger partial charge >= 0.3 is 0 Å². The molecule has 1 aromatic rings. The molecule has 2 saturated heterocycles. The Bertz CT molecular complexity index is 536. The molecule has 0 N–H and O–H groups in total. The molecule has 0 radical (unpaired) electrons. The quantitative estimate of drug-likeness (QED) is 0.770. The Morgan fingerprint density at radius 1 is 1.04 bits per heavy atom. The highest BCUT2D eigenvalue weighted by Gasteiger charge is 2.36. The topological polar surface area (TPSA) is 21.7 Å². The van der Waals surface area contributed by atoms with Crippen LogP contribution in [0.2, 0.25) is 0 Å². The lowest BCUT2D eigenvalue weighted by Crippen LogP contribution is -2.38. The molecule has 0 aromatic heterocycles. The third kappa shape index (κ3) is 3.68. The fraction of sp³-hybridized carbons (Fsp3) is 0.600. The van der Waals surface area contributed by atoms with Crippen LogP contribution in [0.3, 0.4) is 0 Å². The smallest absolute Gasteiger partial charge is 0.157 e. The molecule has 3 nitrogen and oxygen atoms in total. The van der Waals surface area contributed by atoms with Crippen molar-refractivity contribution < 1.29 is 9.47 Å². The summed E-state index contributed by atoms with van der Waals surface area (Å²) in [5, 5.41) is 0. The maximum atomic E-state index is 5.68. The third-order valence-corrected chi connectivity index (χ3v) is 5.42. The minimum absolute atomic E-state index is 0.0321. The Hall–Kier alpha value is -1.16. The maximum Gasteiger partial charge on any atom is 0.157 e. The van der Waals surface area contributed by atoms with Crippen LogP contribution < -0.4 is 0 Å². The molecular formula is C20H27NO2. The predicted octanol–water partition coefficient (Wildman–Crippen LogP) is 3.89. The van der Waals surface area contributed by atoms with Crippen molar-refractivity contribution in [1.82, 2.24) is 4.90 Å². The number of nitrogens with zero attached hydrogens (tertiary/aromatic N) is 1. The normalized spacial score (nSPS) is 28.8. The van der Waals surface area contributed by atoms with Gasteiger partial charge in [-0.25, -0.2) is 0 Å². The van der Waals surface area contributed by atoms with E-state index in [4.69, 9.17) is 9.47 Å². The van der Waals surface area contributed by atoms with E-state index in [0.29, 0.717) is 6.04 Å². The van der Waals surface area contributed by atoms with Crippen LogP contribution in [0.25, 0.3) is 0 Å². The largest absolute Gasteiger partial charge is 0.353 e. The van der Waals surface area contributed by atoms with E-state index in [2.05, 4.69) is 41.3 Å². The molecule has 23 heavy (non-hydrogen) atoms. The average Bonchev–Trinajstić information content (AvgIpc) is 2.83. The van der Waals surface area contributed by atoms with Crippen molar-refractivity contribution in [1.29, 1.82) is 0 Å². The van der Waals surface area contributed by atoms with Gasteiger partial charge in [0.2, 0.25) is 0 Å². The number of ether oxygens (including phenoxy) is 2. The summed E-state index contributed by atoms with van der Waals surface area (Å²) >= 11 is 0. The van der Waals surface area contributed by atoms with E-state index in [-0.39, 0.29) is 6.29 Å². The van der Waals surface area contributed by atoms with Crippen LogP contribution in [-0.2, 0) is 16.0 Å².